The second kappa shape index (κ2) is 6.58. The number of ether oxygens (including phenoxy) is 1. The fourth-order valence-electron chi connectivity index (χ4n) is 2.49. The number of benzene rings is 1. The molecule has 6 heteroatoms. The molecule has 0 spiro atoms. The van der Waals surface area contributed by atoms with Crippen LogP contribution in [-0.2, 0) is 6.54 Å². The molecule has 1 aliphatic rings. The summed E-state index contributed by atoms with van der Waals surface area (Å²) in [5.74, 6) is 0.910. The van der Waals surface area contributed by atoms with Crippen molar-refractivity contribution in [3.05, 3.63) is 29.3 Å². The van der Waals surface area contributed by atoms with Crippen LogP contribution in [-0.4, -0.2) is 49.2 Å². The second-order valence-electron chi connectivity index (χ2n) is 5.14. The zero-order chi connectivity index (χ0) is 14.5. The van der Waals surface area contributed by atoms with Crippen molar-refractivity contribution >= 4 is 5.84 Å². The number of likely N-dealkylation sites (tertiary alicyclic amines) is 1. The molecule has 0 aromatic heterocycles. The number of likely N-dealkylation sites (N-methyl/N-ethyl adjacent to an activating group) is 1. The number of nitrogens with two attached hydrogens (primary N) is 1. The standard InChI is InChI=1S/C14H22N4O2/c1-18-6-5-12(9-18)16-8-11-7-10(14(15)17-19)3-4-13(11)20-2/h3-4,7,12,16,19H,5-6,8-9H2,1-2H3,(H2,15,17). The van der Waals surface area contributed by atoms with Gasteiger partial charge < -0.3 is 25.9 Å². The summed E-state index contributed by atoms with van der Waals surface area (Å²) in [5.41, 5.74) is 7.32. The molecule has 0 saturated carbocycles. The predicted octanol–water partition coefficient (Wildman–Crippen LogP) is 0.583. The van der Waals surface area contributed by atoms with Gasteiger partial charge in [-0.25, -0.2) is 0 Å². The number of amidine groups is 1. The van der Waals surface area contributed by atoms with Crippen LogP contribution < -0.4 is 15.8 Å². The monoisotopic (exact) mass is 278 g/mol. The topological polar surface area (TPSA) is 83.1 Å². The van der Waals surface area contributed by atoms with Crippen LogP contribution in [0.5, 0.6) is 5.75 Å². The van der Waals surface area contributed by atoms with Crippen molar-refractivity contribution in [3.63, 3.8) is 0 Å². The van der Waals surface area contributed by atoms with Crippen molar-refractivity contribution in [3.8, 4) is 5.75 Å². The lowest BCUT2D eigenvalue weighted by molar-refractivity contribution is 0.318. The molecular formula is C14H22N4O2. The minimum absolute atomic E-state index is 0.106. The minimum atomic E-state index is 0.106. The van der Waals surface area contributed by atoms with Gasteiger partial charge in [0, 0.05) is 30.3 Å². The SMILES string of the molecule is COc1ccc(/C(N)=N/O)cc1CNC1CCN(C)C1. The Kier molecular flexibility index (Phi) is 4.81. The van der Waals surface area contributed by atoms with Gasteiger partial charge in [0.25, 0.3) is 0 Å². The number of hydrogen-bond donors (Lipinski definition) is 3. The highest BCUT2D eigenvalue weighted by Gasteiger charge is 2.19. The summed E-state index contributed by atoms with van der Waals surface area (Å²) in [6, 6.07) is 6.00. The summed E-state index contributed by atoms with van der Waals surface area (Å²) in [6.45, 7) is 2.88. The first-order valence-electron chi connectivity index (χ1n) is 6.70. The smallest absolute Gasteiger partial charge is 0.170 e. The molecule has 1 aromatic carbocycles. The van der Waals surface area contributed by atoms with E-state index >= 15 is 0 Å². The lowest BCUT2D eigenvalue weighted by Crippen LogP contribution is -2.31. The average molecular weight is 278 g/mol. The summed E-state index contributed by atoms with van der Waals surface area (Å²) < 4.78 is 5.36. The third-order valence-corrected chi connectivity index (χ3v) is 3.66. The summed E-state index contributed by atoms with van der Waals surface area (Å²) >= 11 is 0. The van der Waals surface area contributed by atoms with E-state index in [1.54, 1.807) is 13.2 Å². The number of nitrogens with zero attached hydrogens (tertiary/aromatic N) is 2. The van der Waals surface area contributed by atoms with E-state index in [0.29, 0.717) is 18.2 Å². The van der Waals surface area contributed by atoms with Crippen LogP contribution >= 0.6 is 0 Å². The van der Waals surface area contributed by atoms with E-state index in [1.807, 2.05) is 12.1 Å². The van der Waals surface area contributed by atoms with Gasteiger partial charge in [-0.3, -0.25) is 0 Å². The van der Waals surface area contributed by atoms with Gasteiger partial charge in [0.05, 0.1) is 7.11 Å². The molecule has 110 valence electrons. The fourth-order valence-corrected chi connectivity index (χ4v) is 2.49. The van der Waals surface area contributed by atoms with Crippen molar-refractivity contribution in [1.82, 2.24) is 10.2 Å². The molecule has 0 aliphatic carbocycles. The summed E-state index contributed by atoms with van der Waals surface area (Å²) in [5, 5.41) is 15.3. The van der Waals surface area contributed by atoms with Crippen LogP contribution in [0.4, 0.5) is 0 Å². The van der Waals surface area contributed by atoms with Crippen LogP contribution in [0.2, 0.25) is 0 Å². The lowest BCUT2D eigenvalue weighted by Gasteiger charge is -2.15. The Hall–Kier alpha value is -1.79. The highest BCUT2D eigenvalue weighted by molar-refractivity contribution is 5.97. The summed E-state index contributed by atoms with van der Waals surface area (Å²) in [4.78, 5) is 2.31. The molecule has 2 rings (SSSR count). The number of hydrogen-bond acceptors (Lipinski definition) is 5. The third-order valence-electron chi connectivity index (χ3n) is 3.66. The Labute approximate surface area is 119 Å². The van der Waals surface area contributed by atoms with Crippen LogP contribution in [0.3, 0.4) is 0 Å². The number of methoxy groups -OCH3 is 1. The molecule has 0 radical (unpaired) electrons. The van der Waals surface area contributed by atoms with Crippen molar-refractivity contribution < 1.29 is 9.94 Å². The molecule has 1 atom stereocenters. The Morgan fingerprint density at radius 3 is 3.00 bits per heavy atom. The van der Waals surface area contributed by atoms with Gasteiger partial charge in [-0.1, -0.05) is 5.16 Å². The van der Waals surface area contributed by atoms with Gasteiger partial charge in [0.15, 0.2) is 5.84 Å². The Balaban J connectivity index is 2.08. The molecule has 20 heavy (non-hydrogen) atoms. The van der Waals surface area contributed by atoms with Crippen LogP contribution in [0.15, 0.2) is 23.4 Å². The maximum absolute atomic E-state index is 8.75. The van der Waals surface area contributed by atoms with Gasteiger partial charge in [0.2, 0.25) is 0 Å². The van der Waals surface area contributed by atoms with Gasteiger partial charge in [0.1, 0.15) is 5.75 Å². The van der Waals surface area contributed by atoms with E-state index in [1.165, 1.54) is 0 Å². The molecule has 1 saturated heterocycles. The van der Waals surface area contributed by atoms with E-state index in [0.717, 1.165) is 30.8 Å². The minimum Gasteiger partial charge on any atom is -0.496 e. The lowest BCUT2D eigenvalue weighted by atomic mass is 10.1. The Bertz CT molecular complexity index is 490. The average Bonchev–Trinajstić information content (AvgIpc) is 2.89. The number of oxime groups is 1. The first kappa shape index (κ1) is 14.6. The summed E-state index contributed by atoms with van der Waals surface area (Å²) in [7, 11) is 3.77. The Morgan fingerprint density at radius 1 is 1.60 bits per heavy atom. The Morgan fingerprint density at radius 2 is 2.40 bits per heavy atom. The third kappa shape index (κ3) is 3.40. The van der Waals surface area contributed by atoms with E-state index < -0.39 is 0 Å². The summed E-state index contributed by atoms with van der Waals surface area (Å²) in [6.07, 6.45) is 1.15. The molecule has 1 aliphatic heterocycles. The first-order chi connectivity index (χ1) is 9.63. The molecular weight excluding hydrogens is 256 g/mol. The zero-order valence-corrected chi connectivity index (χ0v) is 12.0. The van der Waals surface area contributed by atoms with Gasteiger partial charge in [-0.15, -0.1) is 0 Å². The van der Waals surface area contributed by atoms with Crippen molar-refractivity contribution in [2.75, 3.05) is 27.2 Å². The zero-order valence-electron chi connectivity index (χ0n) is 12.0. The molecule has 1 heterocycles. The normalized spacial score (nSPS) is 20.3. The van der Waals surface area contributed by atoms with Crippen molar-refractivity contribution in [2.24, 2.45) is 10.9 Å². The molecule has 1 unspecified atom stereocenters. The molecule has 1 aromatic rings. The quantitative estimate of drug-likeness (QED) is 0.318. The van der Waals surface area contributed by atoms with Crippen molar-refractivity contribution in [1.29, 1.82) is 0 Å². The number of nitrogens with one attached hydrogen (secondary N) is 1. The van der Waals surface area contributed by atoms with Gasteiger partial charge >= 0.3 is 0 Å². The van der Waals surface area contributed by atoms with Crippen LogP contribution in [0.1, 0.15) is 17.5 Å². The fraction of sp³-hybridized carbons (Fsp3) is 0.500. The van der Waals surface area contributed by atoms with E-state index in [-0.39, 0.29) is 5.84 Å². The number of rotatable bonds is 5. The molecule has 0 bridgehead atoms. The van der Waals surface area contributed by atoms with Gasteiger partial charge in [-0.05, 0) is 38.2 Å². The van der Waals surface area contributed by atoms with Crippen LogP contribution in [0.25, 0.3) is 0 Å². The highest BCUT2D eigenvalue weighted by atomic mass is 16.5. The van der Waals surface area contributed by atoms with Crippen LogP contribution in [0, 0.1) is 0 Å². The second-order valence-corrected chi connectivity index (χ2v) is 5.14. The highest BCUT2D eigenvalue weighted by Crippen LogP contribution is 2.20. The van der Waals surface area contributed by atoms with Crippen molar-refractivity contribution in [2.45, 2.75) is 19.0 Å². The molecule has 0 amide bonds. The van der Waals surface area contributed by atoms with Gasteiger partial charge in [-0.2, -0.15) is 0 Å². The van der Waals surface area contributed by atoms with E-state index in [9.17, 15) is 0 Å². The first-order valence-corrected chi connectivity index (χ1v) is 6.70. The van der Waals surface area contributed by atoms with E-state index in [4.69, 9.17) is 15.7 Å². The molecule has 1 fully saturated rings. The molecule has 6 nitrogen and oxygen atoms in total. The predicted molar refractivity (Wildman–Crippen MR) is 78.2 cm³/mol. The maximum Gasteiger partial charge on any atom is 0.170 e. The largest absolute Gasteiger partial charge is 0.496 e. The van der Waals surface area contributed by atoms with E-state index in [2.05, 4.69) is 22.4 Å². The maximum atomic E-state index is 8.75. The molecule has 4 N–H and O–H groups in total.